The first-order valence-corrected chi connectivity index (χ1v) is 11.7. The number of ether oxygens (including phenoxy) is 2. The molecular weight excluding hydrogens is 519 g/mol. The normalized spacial score (nSPS) is 11.1. The number of nitrogens with one attached hydrogen (secondary N) is 1. The first kappa shape index (κ1) is 24.0. The molecule has 0 bridgehead atoms. The Balaban J connectivity index is 1.40. The highest BCUT2D eigenvalue weighted by molar-refractivity contribution is 7.21. The third kappa shape index (κ3) is 5.34. The maximum absolute atomic E-state index is 12.7. The summed E-state index contributed by atoms with van der Waals surface area (Å²) in [5.74, 6) is -0.0136. The van der Waals surface area contributed by atoms with E-state index in [0.717, 1.165) is 10.1 Å². The van der Waals surface area contributed by atoms with Crippen molar-refractivity contribution in [2.75, 3.05) is 7.11 Å². The van der Waals surface area contributed by atoms with E-state index in [-0.39, 0.29) is 10.6 Å². The fourth-order valence-corrected chi connectivity index (χ4v) is 4.89. The number of halogens is 3. The second kappa shape index (κ2) is 10.4. The van der Waals surface area contributed by atoms with Gasteiger partial charge in [-0.1, -0.05) is 34.8 Å². The molecule has 0 radical (unpaired) electrons. The smallest absolute Gasteiger partial charge is 0.355 e. The van der Waals surface area contributed by atoms with E-state index in [1.54, 1.807) is 49.6 Å². The summed E-state index contributed by atoms with van der Waals surface area (Å²) in [6.07, 6.45) is 1.45. The van der Waals surface area contributed by atoms with Gasteiger partial charge in [-0.3, -0.25) is 4.79 Å². The second-order valence-corrected chi connectivity index (χ2v) is 9.16. The van der Waals surface area contributed by atoms with Crippen LogP contribution in [0, 0.1) is 0 Å². The lowest BCUT2D eigenvalue weighted by atomic mass is 10.2. The summed E-state index contributed by atoms with van der Waals surface area (Å²) in [4.78, 5) is 25.1. The number of rotatable bonds is 6. The van der Waals surface area contributed by atoms with Gasteiger partial charge in [-0.05, 0) is 66.2 Å². The van der Waals surface area contributed by atoms with E-state index in [4.69, 9.17) is 44.3 Å². The molecule has 0 aliphatic rings. The van der Waals surface area contributed by atoms with Gasteiger partial charge in [-0.15, -0.1) is 11.3 Å². The molecular formula is C24H15Cl3N2O4S. The quantitative estimate of drug-likeness (QED) is 0.127. The van der Waals surface area contributed by atoms with Gasteiger partial charge >= 0.3 is 5.97 Å². The number of thiophene rings is 1. The highest BCUT2D eigenvalue weighted by atomic mass is 35.5. The Kier molecular flexibility index (Phi) is 7.38. The minimum absolute atomic E-state index is 0.226. The summed E-state index contributed by atoms with van der Waals surface area (Å²) in [6, 6.07) is 16.5. The molecule has 10 heteroatoms. The Morgan fingerprint density at radius 1 is 0.971 bits per heavy atom. The summed E-state index contributed by atoms with van der Waals surface area (Å²) in [5.41, 5.74) is 3.33. The van der Waals surface area contributed by atoms with Crippen LogP contribution in [0.25, 0.3) is 10.1 Å². The van der Waals surface area contributed by atoms with Crippen molar-refractivity contribution < 1.29 is 19.1 Å². The standard InChI is InChI=1S/C24H15Cl3N2O4S/c1-32-16-7-9-18-20(11-16)34-22(21(18)27)24(31)33-15-5-2-13(3-6-15)12-28-29-23(30)17-8-4-14(25)10-19(17)26/h2-12H,1H3,(H,29,30)/b28-12-. The maximum Gasteiger partial charge on any atom is 0.355 e. The van der Waals surface area contributed by atoms with Crippen LogP contribution >= 0.6 is 46.1 Å². The molecule has 3 aromatic carbocycles. The zero-order chi connectivity index (χ0) is 24.2. The number of nitrogens with zero attached hydrogens (tertiary/aromatic N) is 1. The molecule has 0 saturated heterocycles. The molecule has 0 fully saturated rings. The van der Waals surface area contributed by atoms with E-state index in [0.29, 0.717) is 32.0 Å². The molecule has 0 unspecified atom stereocenters. The lowest BCUT2D eigenvalue weighted by Crippen LogP contribution is -2.18. The van der Waals surface area contributed by atoms with E-state index < -0.39 is 11.9 Å². The number of esters is 1. The SMILES string of the molecule is COc1ccc2c(Cl)c(C(=O)Oc3ccc(/C=N\NC(=O)c4ccc(Cl)cc4Cl)cc3)sc2c1. The molecule has 1 amide bonds. The van der Waals surface area contributed by atoms with E-state index >= 15 is 0 Å². The summed E-state index contributed by atoms with van der Waals surface area (Å²) in [6.45, 7) is 0. The zero-order valence-corrected chi connectivity index (χ0v) is 20.6. The van der Waals surface area contributed by atoms with Gasteiger partial charge in [0.05, 0.1) is 28.9 Å². The maximum atomic E-state index is 12.7. The lowest BCUT2D eigenvalue weighted by Gasteiger charge is -2.04. The number of carbonyl (C=O) groups excluding carboxylic acids is 2. The Morgan fingerprint density at radius 3 is 2.41 bits per heavy atom. The molecule has 6 nitrogen and oxygen atoms in total. The molecule has 0 saturated carbocycles. The predicted molar refractivity (Wildman–Crippen MR) is 136 cm³/mol. The molecule has 1 N–H and O–H groups in total. The van der Waals surface area contributed by atoms with Gasteiger partial charge in [0, 0.05) is 15.1 Å². The van der Waals surface area contributed by atoms with Crippen LogP contribution in [-0.4, -0.2) is 25.2 Å². The van der Waals surface area contributed by atoms with E-state index in [1.807, 2.05) is 6.07 Å². The molecule has 0 spiro atoms. The average molecular weight is 534 g/mol. The van der Waals surface area contributed by atoms with Gasteiger partial charge in [0.15, 0.2) is 0 Å². The van der Waals surface area contributed by atoms with E-state index in [9.17, 15) is 9.59 Å². The van der Waals surface area contributed by atoms with E-state index in [2.05, 4.69) is 10.5 Å². The van der Waals surface area contributed by atoms with Crippen LogP contribution in [0.3, 0.4) is 0 Å². The van der Waals surface area contributed by atoms with Crippen molar-refractivity contribution in [2.45, 2.75) is 0 Å². The fraction of sp³-hybridized carbons (Fsp3) is 0.0417. The summed E-state index contributed by atoms with van der Waals surface area (Å²) in [7, 11) is 1.57. The molecule has 0 atom stereocenters. The van der Waals surface area contributed by atoms with Crippen LogP contribution in [0.4, 0.5) is 0 Å². The van der Waals surface area contributed by atoms with Crippen LogP contribution in [0.1, 0.15) is 25.6 Å². The molecule has 4 aromatic rings. The third-order valence-electron chi connectivity index (χ3n) is 4.67. The number of fused-ring (bicyclic) bond motifs is 1. The van der Waals surface area contributed by atoms with Crippen LogP contribution in [0.5, 0.6) is 11.5 Å². The van der Waals surface area contributed by atoms with Gasteiger partial charge < -0.3 is 9.47 Å². The Labute approximate surface area is 213 Å². The number of carbonyl (C=O) groups is 2. The molecule has 1 aromatic heterocycles. The Bertz CT molecular complexity index is 1420. The number of hydrazone groups is 1. The summed E-state index contributed by atoms with van der Waals surface area (Å²) in [5, 5.41) is 5.68. The van der Waals surface area contributed by atoms with Gasteiger partial charge in [-0.2, -0.15) is 5.10 Å². The number of hydrogen-bond acceptors (Lipinski definition) is 6. The van der Waals surface area contributed by atoms with Crippen LogP contribution in [-0.2, 0) is 0 Å². The van der Waals surface area contributed by atoms with Gasteiger partial charge in [-0.25, -0.2) is 10.2 Å². The number of hydrogen-bond donors (Lipinski definition) is 1. The van der Waals surface area contributed by atoms with Crippen LogP contribution in [0.2, 0.25) is 15.1 Å². The highest BCUT2D eigenvalue weighted by Crippen LogP contribution is 2.37. The summed E-state index contributed by atoms with van der Waals surface area (Å²) >= 11 is 19.5. The molecule has 0 aliphatic heterocycles. The topological polar surface area (TPSA) is 77.0 Å². The zero-order valence-electron chi connectivity index (χ0n) is 17.5. The van der Waals surface area contributed by atoms with E-state index in [1.165, 1.54) is 29.7 Å². The molecule has 34 heavy (non-hydrogen) atoms. The van der Waals surface area contributed by atoms with Crippen molar-refractivity contribution in [1.82, 2.24) is 5.43 Å². The van der Waals surface area contributed by atoms with Crippen molar-refractivity contribution in [1.29, 1.82) is 0 Å². The lowest BCUT2D eigenvalue weighted by molar-refractivity contribution is 0.0739. The largest absolute Gasteiger partial charge is 0.497 e. The number of benzene rings is 3. The number of amides is 1. The predicted octanol–water partition coefficient (Wildman–Crippen LogP) is 6.85. The molecule has 4 rings (SSSR count). The van der Waals surface area contributed by atoms with Crippen molar-refractivity contribution in [2.24, 2.45) is 5.10 Å². The van der Waals surface area contributed by atoms with Crippen LogP contribution in [0.15, 0.2) is 65.8 Å². The third-order valence-corrected chi connectivity index (χ3v) is 6.85. The van der Waals surface area contributed by atoms with Gasteiger partial charge in [0.2, 0.25) is 0 Å². The molecule has 172 valence electrons. The molecule has 0 aliphatic carbocycles. The minimum atomic E-state index is -0.557. The molecule has 1 heterocycles. The van der Waals surface area contributed by atoms with Crippen molar-refractivity contribution in [3.8, 4) is 11.5 Å². The summed E-state index contributed by atoms with van der Waals surface area (Å²) < 4.78 is 11.5. The minimum Gasteiger partial charge on any atom is -0.497 e. The highest BCUT2D eigenvalue weighted by Gasteiger charge is 2.19. The van der Waals surface area contributed by atoms with Crippen molar-refractivity contribution >= 4 is 74.3 Å². The monoisotopic (exact) mass is 532 g/mol. The van der Waals surface area contributed by atoms with Gasteiger partial charge in [0.1, 0.15) is 16.4 Å². The average Bonchev–Trinajstić information content (AvgIpc) is 3.16. The first-order valence-electron chi connectivity index (χ1n) is 9.72. The Hall–Kier alpha value is -3.10. The second-order valence-electron chi connectivity index (χ2n) is 6.89. The first-order chi connectivity index (χ1) is 16.4. The fourth-order valence-electron chi connectivity index (χ4n) is 2.98. The number of methoxy groups -OCH3 is 1. The van der Waals surface area contributed by atoms with Gasteiger partial charge in [0.25, 0.3) is 5.91 Å². The van der Waals surface area contributed by atoms with Crippen molar-refractivity contribution in [3.05, 3.63) is 91.7 Å². The van der Waals surface area contributed by atoms with Crippen LogP contribution < -0.4 is 14.9 Å². The van der Waals surface area contributed by atoms with Crippen molar-refractivity contribution in [3.63, 3.8) is 0 Å². The Morgan fingerprint density at radius 2 is 1.71 bits per heavy atom.